The molecule has 3 rings (SSSR count). The fourth-order valence-electron chi connectivity index (χ4n) is 4.47. The topological polar surface area (TPSA) is 105 Å². The monoisotopic (exact) mass is 498 g/mol. The van der Waals surface area contributed by atoms with Gasteiger partial charge in [0.25, 0.3) is 0 Å². The number of carboxylic acids is 1. The van der Waals surface area contributed by atoms with Crippen LogP contribution in [0.1, 0.15) is 43.7 Å². The molecule has 2 amide bonds. The minimum atomic E-state index is -0.941. The number of amides is 2. The van der Waals surface area contributed by atoms with Crippen LogP contribution in [0.2, 0.25) is 0 Å². The molecule has 1 aliphatic rings. The van der Waals surface area contributed by atoms with Crippen molar-refractivity contribution < 1.29 is 24.2 Å². The Morgan fingerprint density at radius 3 is 2.17 bits per heavy atom. The van der Waals surface area contributed by atoms with Crippen molar-refractivity contribution >= 4 is 29.7 Å². The molecule has 8 heteroatoms. The molecule has 7 nitrogen and oxygen atoms in total. The molecule has 2 aromatic carbocycles. The van der Waals surface area contributed by atoms with Gasteiger partial charge in [0.2, 0.25) is 5.91 Å². The highest BCUT2D eigenvalue weighted by Crippen LogP contribution is 2.44. The number of benzene rings is 2. The number of alkyl carbamates (subject to hydrolysis) is 1. The van der Waals surface area contributed by atoms with Crippen LogP contribution in [0.15, 0.2) is 48.5 Å². The molecule has 0 aliphatic heterocycles. The van der Waals surface area contributed by atoms with Crippen LogP contribution in [-0.2, 0) is 14.3 Å². The zero-order valence-corrected chi connectivity index (χ0v) is 21.3. The molecule has 1 aliphatic carbocycles. The molecule has 0 aromatic heterocycles. The van der Waals surface area contributed by atoms with Gasteiger partial charge in [-0.05, 0) is 53.0 Å². The van der Waals surface area contributed by atoms with Crippen LogP contribution >= 0.6 is 11.8 Å². The fourth-order valence-corrected chi connectivity index (χ4v) is 4.95. The van der Waals surface area contributed by atoms with Gasteiger partial charge in [0.1, 0.15) is 12.6 Å². The standard InChI is InChI=1S/C27H34N2O5S/c1-17(2)14-18(26(31)32)15-28-25(30)24(12-13-35-3)29-27(33)34-16-23-21-10-6-4-8-19(21)20-9-5-7-11-22(20)23/h4-11,17-18,23-24H,12-16H2,1-3H3,(H,28,30)(H,29,33)(H,31,32). The van der Waals surface area contributed by atoms with E-state index in [4.69, 9.17) is 4.74 Å². The van der Waals surface area contributed by atoms with E-state index in [1.807, 2.05) is 56.5 Å². The summed E-state index contributed by atoms with van der Waals surface area (Å²) in [5, 5.41) is 14.8. The second-order valence-corrected chi connectivity index (χ2v) is 10.2. The lowest BCUT2D eigenvalue weighted by Gasteiger charge is -2.21. The zero-order valence-electron chi connectivity index (χ0n) is 20.5. The van der Waals surface area contributed by atoms with E-state index >= 15 is 0 Å². The molecule has 0 radical (unpaired) electrons. The number of aliphatic carboxylic acids is 1. The van der Waals surface area contributed by atoms with Crippen LogP contribution in [0.25, 0.3) is 11.1 Å². The molecule has 35 heavy (non-hydrogen) atoms. The van der Waals surface area contributed by atoms with E-state index in [1.54, 1.807) is 11.8 Å². The summed E-state index contributed by atoms with van der Waals surface area (Å²) in [7, 11) is 0. The van der Waals surface area contributed by atoms with Crippen molar-refractivity contribution in [2.75, 3.05) is 25.2 Å². The summed E-state index contributed by atoms with van der Waals surface area (Å²) in [6.45, 7) is 4.07. The maximum Gasteiger partial charge on any atom is 0.407 e. The number of rotatable bonds is 12. The number of hydrogen-bond donors (Lipinski definition) is 3. The van der Waals surface area contributed by atoms with Gasteiger partial charge >= 0.3 is 12.1 Å². The van der Waals surface area contributed by atoms with Gasteiger partial charge in [-0.2, -0.15) is 11.8 Å². The first-order chi connectivity index (χ1) is 16.8. The minimum Gasteiger partial charge on any atom is -0.481 e. The van der Waals surface area contributed by atoms with Crippen molar-refractivity contribution in [3.63, 3.8) is 0 Å². The molecule has 0 saturated heterocycles. The average Bonchev–Trinajstić information content (AvgIpc) is 3.16. The number of ether oxygens (including phenoxy) is 1. The zero-order chi connectivity index (χ0) is 25.4. The van der Waals surface area contributed by atoms with Gasteiger partial charge in [0.05, 0.1) is 5.92 Å². The summed E-state index contributed by atoms with van der Waals surface area (Å²) in [6, 6.07) is 15.4. The van der Waals surface area contributed by atoms with E-state index < -0.39 is 29.9 Å². The molecule has 3 N–H and O–H groups in total. The SMILES string of the molecule is CSCCC(NC(=O)OCC1c2ccccc2-c2ccccc21)C(=O)NCC(CC(C)C)C(=O)O. The van der Waals surface area contributed by atoms with E-state index in [-0.39, 0.29) is 25.0 Å². The number of carboxylic acid groups (broad SMARTS) is 1. The summed E-state index contributed by atoms with van der Waals surface area (Å²) in [5.41, 5.74) is 4.51. The molecule has 2 aromatic rings. The third-order valence-corrected chi connectivity index (χ3v) is 6.83. The normalized spacial score (nSPS) is 14.1. The predicted octanol–water partition coefficient (Wildman–Crippen LogP) is 4.51. The largest absolute Gasteiger partial charge is 0.481 e. The molecule has 188 valence electrons. The third kappa shape index (κ3) is 7.01. The van der Waals surface area contributed by atoms with Crippen LogP contribution in [0.5, 0.6) is 0 Å². The van der Waals surface area contributed by atoms with Crippen molar-refractivity contribution in [3.8, 4) is 11.1 Å². The highest BCUT2D eigenvalue weighted by Gasteiger charge is 2.30. The van der Waals surface area contributed by atoms with E-state index in [2.05, 4.69) is 22.8 Å². The third-order valence-electron chi connectivity index (χ3n) is 6.19. The quantitative estimate of drug-likeness (QED) is 0.398. The summed E-state index contributed by atoms with van der Waals surface area (Å²) < 4.78 is 5.59. The lowest BCUT2D eigenvalue weighted by molar-refractivity contribution is -0.142. The molecule has 0 bridgehead atoms. The van der Waals surface area contributed by atoms with Crippen molar-refractivity contribution in [2.24, 2.45) is 11.8 Å². The van der Waals surface area contributed by atoms with Gasteiger partial charge < -0.3 is 20.5 Å². The van der Waals surface area contributed by atoms with Crippen LogP contribution < -0.4 is 10.6 Å². The lowest BCUT2D eigenvalue weighted by atomic mass is 9.97. The number of carbonyl (C=O) groups is 3. The Kier molecular flexibility index (Phi) is 9.60. The molecular formula is C27H34N2O5S. The van der Waals surface area contributed by atoms with E-state index in [0.717, 1.165) is 22.3 Å². The Hall–Kier alpha value is -3.00. The van der Waals surface area contributed by atoms with Crippen LogP contribution in [-0.4, -0.2) is 54.3 Å². The van der Waals surface area contributed by atoms with Crippen molar-refractivity contribution in [2.45, 2.75) is 38.6 Å². The fraction of sp³-hybridized carbons (Fsp3) is 0.444. The Morgan fingerprint density at radius 2 is 1.63 bits per heavy atom. The van der Waals surface area contributed by atoms with Crippen molar-refractivity contribution in [1.82, 2.24) is 10.6 Å². The van der Waals surface area contributed by atoms with Crippen molar-refractivity contribution in [1.29, 1.82) is 0 Å². The first-order valence-corrected chi connectivity index (χ1v) is 13.3. The first-order valence-electron chi connectivity index (χ1n) is 11.9. The molecule has 0 fully saturated rings. The predicted molar refractivity (Wildman–Crippen MR) is 139 cm³/mol. The Labute approximate surface area is 211 Å². The first kappa shape index (κ1) is 26.6. The maximum atomic E-state index is 12.8. The number of thioether (sulfide) groups is 1. The molecule has 2 atom stereocenters. The molecule has 2 unspecified atom stereocenters. The summed E-state index contributed by atoms with van der Waals surface area (Å²) >= 11 is 1.56. The van der Waals surface area contributed by atoms with Gasteiger partial charge in [0.15, 0.2) is 0 Å². The second kappa shape index (κ2) is 12.6. The van der Waals surface area contributed by atoms with Gasteiger partial charge in [-0.15, -0.1) is 0 Å². The van der Waals surface area contributed by atoms with Gasteiger partial charge in [0, 0.05) is 12.5 Å². The number of hydrogen-bond acceptors (Lipinski definition) is 5. The Bertz CT molecular complexity index is 996. The highest BCUT2D eigenvalue weighted by atomic mass is 32.2. The lowest BCUT2D eigenvalue weighted by Crippen LogP contribution is -2.49. The Balaban J connectivity index is 1.60. The average molecular weight is 499 g/mol. The molecule has 0 spiro atoms. The molecule has 0 heterocycles. The van der Waals surface area contributed by atoms with Gasteiger partial charge in [-0.25, -0.2) is 4.79 Å². The summed E-state index contributed by atoms with van der Waals surface area (Å²) in [5.74, 6) is -1.23. The molecular weight excluding hydrogens is 464 g/mol. The molecule has 0 saturated carbocycles. The van der Waals surface area contributed by atoms with Crippen LogP contribution in [0.3, 0.4) is 0 Å². The second-order valence-electron chi connectivity index (χ2n) is 9.21. The van der Waals surface area contributed by atoms with E-state index in [9.17, 15) is 19.5 Å². The summed E-state index contributed by atoms with van der Waals surface area (Å²) in [4.78, 5) is 37.0. The number of fused-ring (bicyclic) bond motifs is 3. The number of nitrogens with one attached hydrogen (secondary N) is 2. The van der Waals surface area contributed by atoms with Crippen LogP contribution in [0, 0.1) is 11.8 Å². The van der Waals surface area contributed by atoms with E-state index in [1.165, 1.54) is 0 Å². The smallest absolute Gasteiger partial charge is 0.407 e. The van der Waals surface area contributed by atoms with Gasteiger partial charge in [-0.1, -0.05) is 62.4 Å². The number of carbonyl (C=O) groups excluding carboxylic acids is 2. The van der Waals surface area contributed by atoms with Crippen LogP contribution in [0.4, 0.5) is 4.79 Å². The summed E-state index contributed by atoms with van der Waals surface area (Å²) in [6.07, 6.45) is 2.14. The minimum absolute atomic E-state index is 0.0223. The highest BCUT2D eigenvalue weighted by molar-refractivity contribution is 7.98. The van der Waals surface area contributed by atoms with E-state index in [0.29, 0.717) is 18.6 Å². The van der Waals surface area contributed by atoms with Crippen molar-refractivity contribution in [3.05, 3.63) is 59.7 Å². The van der Waals surface area contributed by atoms with Gasteiger partial charge in [-0.3, -0.25) is 9.59 Å². The maximum absolute atomic E-state index is 12.8. The Morgan fingerprint density at radius 1 is 1.03 bits per heavy atom.